The lowest BCUT2D eigenvalue weighted by molar-refractivity contribution is 0.569. The number of nitrogens with zero attached hydrogens (tertiary/aromatic N) is 5. The highest BCUT2D eigenvalue weighted by Crippen LogP contribution is 2.22. The fourth-order valence-electron chi connectivity index (χ4n) is 1.44. The first-order valence-corrected chi connectivity index (χ1v) is 5.18. The molecule has 0 aliphatic carbocycles. The summed E-state index contributed by atoms with van der Waals surface area (Å²) in [5.74, 6) is 0.730. The van der Waals surface area contributed by atoms with Gasteiger partial charge in [-0.2, -0.15) is 0 Å². The summed E-state index contributed by atoms with van der Waals surface area (Å²) in [5, 5.41) is 11.3. The SMILES string of the molecule is Cn1nnnc1-c1ccc(C(C)(C)C)nc1. The fraction of sp³-hybridized carbons (Fsp3) is 0.455. The number of aromatic nitrogens is 5. The van der Waals surface area contributed by atoms with E-state index in [0.717, 1.165) is 17.1 Å². The summed E-state index contributed by atoms with van der Waals surface area (Å²) in [6, 6.07) is 4.02. The standard InChI is InChI=1S/C11H15N5/c1-11(2,3)9-6-5-8(7-12-9)10-13-14-15-16(10)4/h5-7H,1-4H3. The van der Waals surface area contributed by atoms with Gasteiger partial charge in [0.25, 0.3) is 0 Å². The highest BCUT2D eigenvalue weighted by atomic mass is 15.5. The molecule has 16 heavy (non-hydrogen) atoms. The highest BCUT2D eigenvalue weighted by Gasteiger charge is 2.15. The smallest absolute Gasteiger partial charge is 0.183 e. The van der Waals surface area contributed by atoms with E-state index in [2.05, 4.69) is 41.3 Å². The molecule has 0 N–H and O–H groups in total. The Labute approximate surface area is 94.5 Å². The van der Waals surface area contributed by atoms with Crippen molar-refractivity contribution < 1.29 is 0 Å². The summed E-state index contributed by atoms with van der Waals surface area (Å²) >= 11 is 0. The van der Waals surface area contributed by atoms with E-state index < -0.39 is 0 Å². The van der Waals surface area contributed by atoms with Crippen LogP contribution in [-0.4, -0.2) is 25.2 Å². The predicted octanol–water partition coefficient (Wildman–Crippen LogP) is 1.57. The van der Waals surface area contributed by atoms with Crippen molar-refractivity contribution in [3.63, 3.8) is 0 Å². The van der Waals surface area contributed by atoms with Crippen molar-refractivity contribution in [1.82, 2.24) is 25.2 Å². The second-order valence-electron chi connectivity index (χ2n) is 4.81. The van der Waals surface area contributed by atoms with E-state index >= 15 is 0 Å². The molecule has 2 aromatic heterocycles. The van der Waals surface area contributed by atoms with Gasteiger partial charge in [0.15, 0.2) is 5.82 Å². The van der Waals surface area contributed by atoms with Crippen molar-refractivity contribution in [2.45, 2.75) is 26.2 Å². The van der Waals surface area contributed by atoms with Crippen LogP contribution in [0.4, 0.5) is 0 Å². The molecule has 0 atom stereocenters. The van der Waals surface area contributed by atoms with Gasteiger partial charge in [0, 0.05) is 29.9 Å². The van der Waals surface area contributed by atoms with E-state index in [9.17, 15) is 0 Å². The molecule has 0 spiro atoms. The third-order valence-corrected chi connectivity index (χ3v) is 2.41. The first kappa shape index (κ1) is 10.7. The Hall–Kier alpha value is -1.78. The summed E-state index contributed by atoms with van der Waals surface area (Å²) in [5.41, 5.74) is 2.06. The second kappa shape index (κ2) is 3.66. The van der Waals surface area contributed by atoms with Gasteiger partial charge in [-0.25, -0.2) is 4.68 Å². The van der Waals surface area contributed by atoms with Gasteiger partial charge in [-0.1, -0.05) is 20.8 Å². The van der Waals surface area contributed by atoms with E-state index in [1.807, 2.05) is 25.4 Å². The molecule has 0 aromatic carbocycles. The lowest BCUT2D eigenvalue weighted by atomic mass is 9.91. The van der Waals surface area contributed by atoms with Crippen LogP contribution >= 0.6 is 0 Å². The van der Waals surface area contributed by atoms with Crippen LogP contribution in [0.1, 0.15) is 26.5 Å². The minimum absolute atomic E-state index is 0.0661. The van der Waals surface area contributed by atoms with Crippen LogP contribution < -0.4 is 0 Å². The monoisotopic (exact) mass is 217 g/mol. The molecule has 0 aliphatic heterocycles. The second-order valence-corrected chi connectivity index (χ2v) is 4.81. The molecule has 2 aromatic rings. The number of tetrazole rings is 1. The first-order valence-electron chi connectivity index (χ1n) is 5.18. The first-order chi connectivity index (χ1) is 7.48. The Morgan fingerprint density at radius 3 is 2.38 bits per heavy atom. The number of hydrogen-bond donors (Lipinski definition) is 0. The van der Waals surface area contributed by atoms with Crippen LogP contribution in [0.2, 0.25) is 0 Å². The van der Waals surface area contributed by atoms with Gasteiger partial charge in [0.1, 0.15) is 0 Å². The Kier molecular flexibility index (Phi) is 2.46. The summed E-state index contributed by atoms with van der Waals surface area (Å²) in [4.78, 5) is 4.44. The summed E-state index contributed by atoms with van der Waals surface area (Å²) < 4.78 is 1.63. The van der Waals surface area contributed by atoms with Crippen LogP contribution in [0, 0.1) is 0 Å². The van der Waals surface area contributed by atoms with E-state index in [4.69, 9.17) is 0 Å². The van der Waals surface area contributed by atoms with Gasteiger partial charge in [0.2, 0.25) is 0 Å². The molecule has 0 aliphatic rings. The largest absolute Gasteiger partial charge is 0.260 e. The van der Waals surface area contributed by atoms with Gasteiger partial charge < -0.3 is 0 Å². The van der Waals surface area contributed by atoms with Crippen molar-refractivity contribution >= 4 is 0 Å². The van der Waals surface area contributed by atoms with E-state index in [0.29, 0.717) is 0 Å². The number of hydrogen-bond acceptors (Lipinski definition) is 4. The van der Waals surface area contributed by atoms with Crippen molar-refractivity contribution in [2.75, 3.05) is 0 Å². The van der Waals surface area contributed by atoms with Crippen LogP contribution in [0.15, 0.2) is 18.3 Å². The zero-order chi connectivity index (χ0) is 11.8. The van der Waals surface area contributed by atoms with Gasteiger partial charge in [-0.15, -0.1) is 5.10 Å². The minimum atomic E-state index is 0.0661. The Bertz CT molecular complexity index is 478. The van der Waals surface area contributed by atoms with Gasteiger partial charge >= 0.3 is 0 Å². The maximum absolute atomic E-state index is 4.44. The molecule has 0 amide bonds. The molecule has 0 bridgehead atoms. The van der Waals surface area contributed by atoms with Crippen LogP contribution in [0.3, 0.4) is 0 Å². The average Bonchev–Trinajstić information content (AvgIpc) is 2.63. The normalized spacial score (nSPS) is 11.8. The van der Waals surface area contributed by atoms with Crippen LogP contribution in [0.5, 0.6) is 0 Å². The Morgan fingerprint density at radius 2 is 1.94 bits per heavy atom. The molecule has 2 rings (SSSR count). The minimum Gasteiger partial charge on any atom is -0.260 e. The molecule has 0 saturated heterocycles. The molecule has 0 saturated carbocycles. The molecule has 84 valence electrons. The topological polar surface area (TPSA) is 56.5 Å². The van der Waals surface area contributed by atoms with Crippen LogP contribution in [-0.2, 0) is 12.5 Å². The number of rotatable bonds is 1. The molecule has 0 unspecified atom stereocenters. The lowest BCUT2D eigenvalue weighted by Crippen LogP contribution is -2.13. The average molecular weight is 217 g/mol. The third-order valence-electron chi connectivity index (χ3n) is 2.41. The molecular weight excluding hydrogens is 202 g/mol. The number of pyridine rings is 1. The zero-order valence-electron chi connectivity index (χ0n) is 9.97. The molecular formula is C11H15N5. The molecule has 5 nitrogen and oxygen atoms in total. The Morgan fingerprint density at radius 1 is 1.19 bits per heavy atom. The predicted molar refractivity (Wildman–Crippen MR) is 60.7 cm³/mol. The van der Waals surface area contributed by atoms with Gasteiger partial charge in [-0.3, -0.25) is 4.98 Å². The van der Waals surface area contributed by atoms with E-state index in [1.165, 1.54) is 0 Å². The van der Waals surface area contributed by atoms with Crippen LogP contribution in [0.25, 0.3) is 11.4 Å². The Balaban J connectivity index is 2.37. The van der Waals surface area contributed by atoms with E-state index in [1.54, 1.807) is 4.68 Å². The maximum Gasteiger partial charge on any atom is 0.183 e. The molecule has 5 heteroatoms. The van der Waals surface area contributed by atoms with E-state index in [-0.39, 0.29) is 5.41 Å². The lowest BCUT2D eigenvalue weighted by Gasteiger charge is -2.17. The van der Waals surface area contributed by atoms with Crippen molar-refractivity contribution in [1.29, 1.82) is 0 Å². The zero-order valence-corrected chi connectivity index (χ0v) is 9.97. The quantitative estimate of drug-likeness (QED) is 0.727. The molecule has 0 radical (unpaired) electrons. The summed E-state index contributed by atoms with van der Waals surface area (Å²) in [6.07, 6.45) is 1.81. The molecule has 0 fully saturated rings. The summed E-state index contributed by atoms with van der Waals surface area (Å²) in [6.45, 7) is 6.41. The number of aryl methyl sites for hydroxylation is 1. The fourth-order valence-corrected chi connectivity index (χ4v) is 1.44. The van der Waals surface area contributed by atoms with Crippen molar-refractivity contribution in [3.8, 4) is 11.4 Å². The van der Waals surface area contributed by atoms with Gasteiger partial charge in [0.05, 0.1) is 0 Å². The third kappa shape index (κ3) is 1.93. The summed E-state index contributed by atoms with van der Waals surface area (Å²) in [7, 11) is 1.81. The van der Waals surface area contributed by atoms with Crippen molar-refractivity contribution in [2.24, 2.45) is 7.05 Å². The highest BCUT2D eigenvalue weighted by molar-refractivity contribution is 5.52. The van der Waals surface area contributed by atoms with Gasteiger partial charge in [-0.05, 0) is 22.6 Å². The maximum atomic E-state index is 4.44. The van der Waals surface area contributed by atoms with Crippen molar-refractivity contribution in [3.05, 3.63) is 24.0 Å². The molecule has 2 heterocycles.